The maximum atomic E-state index is 13.3. The predicted octanol–water partition coefficient (Wildman–Crippen LogP) is 1.22. The number of pyridine rings is 2. The molecule has 3 atom stereocenters. The van der Waals surface area contributed by atoms with Gasteiger partial charge in [0.05, 0.1) is 11.4 Å². The number of rotatable bonds is 10. The first-order valence-electron chi connectivity index (χ1n) is 13.2. The van der Waals surface area contributed by atoms with E-state index in [1.165, 1.54) is 23.3 Å². The third kappa shape index (κ3) is 5.93. The molecular weight excluding hydrogens is 616 g/mol. The topological polar surface area (TPSA) is 231 Å². The van der Waals surface area contributed by atoms with E-state index in [2.05, 4.69) is 30.7 Å². The number of carbonyl (C=O) groups excluding carboxylic acids is 3. The van der Waals surface area contributed by atoms with Crippen LogP contribution in [0.4, 0.5) is 9.93 Å². The number of β-lactam (4-membered cyclic amide) rings is 1. The summed E-state index contributed by atoms with van der Waals surface area (Å²) in [5.74, 6) is -2.12. The van der Waals surface area contributed by atoms with Crippen molar-refractivity contribution in [2.75, 3.05) is 18.1 Å². The number of H-pyrrole nitrogens is 1. The molecule has 2 aliphatic heterocycles. The first-order chi connectivity index (χ1) is 21.1. The molecule has 0 radical (unpaired) electrons. The molecule has 0 bridgehead atoms. The predicted molar refractivity (Wildman–Crippen MR) is 160 cm³/mol. The molecule has 0 saturated carbocycles. The summed E-state index contributed by atoms with van der Waals surface area (Å²) in [5.41, 5.74) is 5.80. The fourth-order valence-electron chi connectivity index (χ4n) is 4.63. The van der Waals surface area contributed by atoms with Crippen LogP contribution in [0.1, 0.15) is 36.5 Å². The highest BCUT2D eigenvalue weighted by Crippen LogP contribution is 2.42. The molecule has 16 nitrogen and oxygen atoms in total. The van der Waals surface area contributed by atoms with E-state index in [4.69, 9.17) is 15.3 Å². The Morgan fingerprint density at radius 1 is 1.32 bits per heavy atom. The summed E-state index contributed by atoms with van der Waals surface area (Å²) in [4.78, 5) is 81.0. The number of hydrogen-bond donors (Lipinski definition) is 5. The van der Waals surface area contributed by atoms with Crippen LogP contribution in [0.5, 0.6) is 0 Å². The smallest absolute Gasteiger partial charge is 0.449 e. The molecule has 0 aliphatic carbocycles. The van der Waals surface area contributed by atoms with Gasteiger partial charge in [-0.15, -0.1) is 23.1 Å². The Balaban J connectivity index is 1.37. The molecule has 1 saturated heterocycles. The monoisotopic (exact) mass is 642 g/mol. The molecule has 1 fully saturated rings. The number of carbonyl (C=O) groups is 4. The average molecular weight is 643 g/mol. The van der Waals surface area contributed by atoms with Gasteiger partial charge in [-0.3, -0.25) is 24.1 Å². The second kappa shape index (κ2) is 12.7. The Labute approximate surface area is 256 Å². The number of nitrogens with one attached hydrogen (secondary N) is 3. The first kappa shape index (κ1) is 30.5. The second-order valence-corrected chi connectivity index (χ2v) is 11.4. The number of anilines is 1. The van der Waals surface area contributed by atoms with Gasteiger partial charge in [-0.2, -0.15) is 0 Å². The highest BCUT2D eigenvalue weighted by Gasteiger charge is 2.55. The number of nitrogens with zero attached hydrogens (tertiary/aromatic N) is 4. The van der Waals surface area contributed by atoms with Gasteiger partial charge < -0.3 is 36.0 Å². The van der Waals surface area contributed by atoms with Crippen LogP contribution < -0.4 is 21.8 Å². The van der Waals surface area contributed by atoms with E-state index >= 15 is 0 Å². The zero-order valence-corrected chi connectivity index (χ0v) is 24.9. The van der Waals surface area contributed by atoms with Crippen LogP contribution in [0.2, 0.25) is 0 Å². The highest BCUT2D eigenvalue weighted by atomic mass is 32.2. The molecule has 230 valence electrons. The van der Waals surface area contributed by atoms with Crippen molar-refractivity contribution in [3.8, 4) is 0 Å². The third-order valence-electron chi connectivity index (χ3n) is 6.66. The number of oxime groups is 1. The Hall–Kier alpha value is -4.97. The van der Waals surface area contributed by atoms with E-state index in [9.17, 15) is 29.1 Å². The molecule has 2 unspecified atom stereocenters. The largest absolute Gasteiger partial charge is 0.512 e. The summed E-state index contributed by atoms with van der Waals surface area (Å²) < 4.78 is 5.07. The Morgan fingerprint density at radius 3 is 2.80 bits per heavy atom. The van der Waals surface area contributed by atoms with Crippen molar-refractivity contribution in [1.82, 2.24) is 30.5 Å². The van der Waals surface area contributed by atoms with Crippen LogP contribution in [0.15, 0.2) is 51.2 Å². The number of hydrogen-bond acceptors (Lipinski definition) is 13. The van der Waals surface area contributed by atoms with Crippen molar-refractivity contribution >= 4 is 68.9 Å². The fraction of sp³-hybridized carbons (Fsp3) is 0.308. The summed E-state index contributed by atoms with van der Waals surface area (Å²) in [6.07, 6.45) is 0.110. The Bertz CT molecular complexity index is 1770. The van der Waals surface area contributed by atoms with Crippen LogP contribution in [0.25, 0.3) is 11.0 Å². The second-order valence-electron chi connectivity index (χ2n) is 9.37. The molecule has 18 heteroatoms. The minimum absolute atomic E-state index is 0.0449. The number of amides is 3. The van der Waals surface area contributed by atoms with Crippen LogP contribution >= 0.6 is 23.1 Å². The third-order valence-corrected chi connectivity index (χ3v) is 8.64. The summed E-state index contributed by atoms with van der Waals surface area (Å²) in [6.45, 7) is 3.61. The number of nitrogen functional groups attached to an aromatic ring is 1. The fourth-order valence-corrected chi connectivity index (χ4v) is 6.58. The molecule has 6 N–H and O–H groups in total. The zero-order chi connectivity index (χ0) is 31.5. The first-order valence-corrected chi connectivity index (χ1v) is 15.1. The Morgan fingerprint density at radius 2 is 2.11 bits per heavy atom. The number of thioether (sulfide) groups is 1. The molecule has 3 amide bonds. The van der Waals surface area contributed by atoms with Crippen molar-refractivity contribution in [2.24, 2.45) is 5.16 Å². The van der Waals surface area contributed by atoms with Crippen molar-refractivity contribution < 1.29 is 33.9 Å². The van der Waals surface area contributed by atoms with Gasteiger partial charge in [0.15, 0.2) is 16.3 Å². The summed E-state index contributed by atoms with van der Waals surface area (Å²) in [6, 6.07) is 2.51. The SMILES string of the molecule is CCO/N=C(\C(=O)NC1C(=O)N2C(OC(=O)O)=C(C(CC)NC(=O)c3cc(=O)c4cccnc4[nH]3)CS[C@@H]12)c1csc(N)n1. The molecule has 5 heterocycles. The normalized spacial score (nSPS) is 18.7. The van der Waals surface area contributed by atoms with Gasteiger partial charge in [0.25, 0.3) is 17.7 Å². The van der Waals surface area contributed by atoms with Gasteiger partial charge in [0.2, 0.25) is 5.88 Å². The van der Waals surface area contributed by atoms with Gasteiger partial charge in [-0.1, -0.05) is 12.1 Å². The van der Waals surface area contributed by atoms with E-state index in [-0.39, 0.29) is 46.1 Å². The quantitative estimate of drug-likeness (QED) is 0.0909. The number of carboxylic acid groups (broad SMARTS) is 1. The number of ether oxygens (including phenoxy) is 1. The van der Waals surface area contributed by atoms with Crippen LogP contribution in [-0.2, 0) is 19.2 Å². The maximum absolute atomic E-state index is 13.3. The minimum atomic E-state index is -1.66. The van der Waals surface area contributed by atoms with Crippen molar-refractivity contribution in [2.45, 2.75) is 37.7 Å². The van der Waals surface area contributed by atoms with Gasteiger partial charge in [-0.05, 0) is 25.5 Å². The molecule has 0 spiro atoms. The lowest BCUT2D eigenvalue weighted by Gasteiger charge is -2.49. The average Bonchev–Trinajstić information content (AvgIpc) is 3.43. The number of aromatic amines is 1. The van der Waals surface area contributed by atoms with Gasteiger partial charge >= 0.3 is 6.16 Å². The Kier molecular flexibility index (Phi) is 8.81. The zero-order valence-electron chi connectivity index (χ0n) is 23.2. The van der Waals surface area contributed by atoms with E-state index in [1.807, 2.05) is 0 Å². The summed E-state index contributed by atoms with van der Waals surface area (Å²) >= 11 is 2.34. The number of thiazole rings is 1. The minimum Gasteiger partial charge on any atom is -0.449 e. The van der Waals surface area contributed by atoms with Gasteiger partial charge in [-0.25, -0.2) is 14.8 Å². The molecule has 3 aromatic rings. The van der Waals surface area contributed by atoms with E-state index in [0.29, 0.717) is 17.4 Å². The van der Waals surface area contributed by atoms with E-state index in [0.717, 1.165) is 22.3 Å². The van der Waals surface area contributed by atoms with E-state index in [1.54, 1.807) is 26.0 Å². The van der Waals surface area contributed by atoms with Crippen LogP contribution in [0, 0.1) is 0 Å². The molecule has 44 heavy (non-hydrogen) atoms. The number of fused-ring (bicyclic) bond motifs is 2. The molecular formula is C26H26N8O8S2. The lowest BCUT2D eigenvalue weighted by Crippen LogP contribution is -2.71. The maximum Gasteiger partial charge on any atom is 0.512 e. The number of aromatic nitrogens is 3. The molecule has 5 rings (SSSR count). The lowest BCUT2D eigenvalue weighted by atomic mass is 10.0. The van der Waals surface area contributed by atoms with Gasteiger partial charge in [0, 0.05) is 29.0 Å². The van der Waals surface area contributed by atoms with Crippen molar-refractivity contribution in [3.63, 3.8) is 0 Å². The molecule has 3 aromatic heterocycles. The lowest BCUT2D eigenvalue weighted by molar-refractivity contribution is -0.148. The standard InChI is InChI=1S/C26H26N8O8S2/c1-3-13(30-20(36)14-8-16(35)11-6-5-7-28-19(11)29-14)12-9-43-24-18(22(38)34(24)23(12)42-26(39)40)32-21(37)17(33-41-4-2)15-10-44-25(27)31-15/h5-8,10,13,18,24H,3-4,9H2,1-2H3,(H2,27,31)(H,30,36)(H,32,37)(H,39,40)(H,28,29,35)/b33-17-/t13?,18?,24-/m0/s1. The van der Waals surface area contributed by atoms with Crippen LogP contribution in [-0.4, -0.2) is 84.4 Å². The van der Waals surface area contributed by atoms with Crippen LogP contribution in [0.3, 0.4) is 0 Å². The number of nitrogens with two attached hydrogens (primary N) is 1. The molecule has 2 aliphatic rings. The van der Waals surface area contributed by atoms with Crippen molar-refractivity contribution in [1.29, 1.82) is 0 Å². The van der Waals surface area contributed by atoms with Gasteiger partial charge in [0.1, 0.15) is 35.1 Å². The van der Waals surface area contributed by atoms with Crippen molar-refractivity contribution in [3.05, 3.63) is 62.8 Å². The molecule has 0 aromatic carbocycles. The summed E-state index contributed by atoms with van der Waals surface area (Å²) in [5, 5.41) is 20.0. The highest BCUT2D eigenvalue weighted by molar-refractivity contribution is 8.00. The summed E-state index contributed by atoms with van der Waals surface area (Å²) in [7, 11) is 0. The van der Waals surface area contributed by atoms with E-state index < -0.39 is 46.8 Å².